The predicted octanol–water partition coefficient (Wildman–Crippen LogP) is 2.65. The van der Waals surface area contributed by atoms with E-state index in [9.17, 15) is 13.2 Å². The minimum Gasteiger partial charge on any atom is -0.379 e. The summed E-state index contributed by atoms with van der Waals surface area (Å²) in [6, 6.07) is 0. The molecule has 2 saturated heterocycles. The van der Waals surface area contributed by atoms with Gasteiger partial charge in [0, 0.05) is 43.4 Å². The molecule has 6 nitrogen and oxygen atoms in total. The van der Waals surface area contributed by atoms with Crippen molar-refractivity contribution >= 4 is 53.0 Å². The van der Waals surface area contributed by atoms with E-state index in [-0.39, 0.29) is 36.1 Å². The molecule has 2 aliphatic rings. The number of nitrogens with one attached hydrogen (secondary N) is 2. The van der Waals surface area contributed by atoms with Crippen molar-refractivity contribution in [2.75, 3.05) is 51.4 Å². The first-order valence-corrected chi connectivity index (χ1v) is 10.8. The minimum atomic E-state index is -4.40. The average molecular weight is 551 g/mol. The second-order valence-corrected chi connectivity index (χ2v) is 8.58. The standard InChI is InChI=1S/C16H24F3N5OS2.HI/c1-20-14(21-8-13-23-12(9-27-13)16(17,18)19)22-10-15(2-7-26-11-15)24-3-5-25-6-4-24;/h9H,2-8,10-11H2,1H3,(H2,20,21,22);1H. The molecule has 2 fully saturated rings. The van der Waals surface area contributed by atoms with Crippen LogP contribution in [0, 0.1) is 0 Å². The van der Waals surface area contributed by atoms with Crippen LogP contribution in [0.4, 0.5) is 13.2 Å². The summed E-state index contributed by atoms with van der Waals surface area (Å²) >= 11 is 2.94. The molecule has 3 rings (SSSR count). The maximum atomic E-state index is 12.7. The molecular weight excluding hydrogens is 526 g/mol. The highest BCUT2D eigenvalue weighted by molar-refractivity contribution is 14.0. The number of nitrogens with zero attached hydrogens (tertiary/aromatic N) is 3. The topological polar surface area (TPSA) is 61.8 Å². The molecule has 1 unspecified atom stereocenters. The fraction of sp³-hybridized carbons (Fsp3) is 0.750. The predicted molar refractivity (Wildman–Crippen MR) is 118 cm³/mol. The first-order chi connectivity index (χ1) is 12.9. The van der Waals surface area contributed by atoms with Crippen LogP contribution in [0.5, 0.6) is 0 Å². The quantitative estimate of drug-likeness (QED) is 0.334. The fourth-order valence-electron chi connectivity index (χ4n) is 3.29. The van der Waals surface area contributed by atoms with Crippen LogP contribution in [0.25, 0.3) is 0 Å². The van der Waals surface area contributed by atoms with Crippen LogP contribution in [0.2, 0.25) is 0 Å². The van der Waals surface area contributed by atoms with Crippen LogP contribution < -0.4 is 10.6 Å². The van der Waals surface area contributed by atoms with Crippen molar-refractivity contribution in [2.45, 2.75) is 24.7 Å². The van der Waals surface area contributed by atoms with Gasteiger partial charge in [-0.15, -0.1) is 35.3 Å². The number of aliphatic imine (C=N–C) groups is 1. The van der Waals surface area contributed by atoms with Crippen LogP contribution in [0.3, 0.4) is 0 Å². The molecule has 2 aliphatic heterocycles. The molecule has 3 heterocycles. The van der Waals surface area contributed by atoms with E-state index in [1.165, 1.54) is 0 Å². The normalized spacial score (nSPS) is 24.1. The van der Waals surface area contributed by atoms with E-state index in [0.29, 0.717) is 11.0 Å². The van der Waals surface area contributed by atoms with Crippen LogP contribution in [-0.2, 0) is 17.5 Å². The van der Waals surface area contributed by atoms with Crippen molar-refractivity contribution in [3.05, 3.63) is 16.1 Å². The highest BCUT2D eigenvalue weighted by Gasteiger charge is 2.40. The minimum absolute atomic E-state index is 0. The molecule has 12 heteroatoms. The summed E-state index contributed by atoms with van der Waals surface area (Å²) in [4.78, 5) is 10.3. The smallest absolute Gasteiger partial charge is 0.379 e. The molecule has 0 aliphatic carbocycles. The van der Waals surface area contributed by atoms with Crippen LogP contribution >= 0.6 is 47.1 Å². The van der Waals surface area contributed by atoms with Crippen LogP contribution in [-0.4, -0.2) is 72.8 Å². The van der Waals surface area contributed by atoms with E-state index < -0.39 is 11.9 Å². The Labute approximate surface area is 188 Å². The monoisotopic (exact) mass is 551 g/mol. The Morgan fingerprint density at radius 3 is 2.68 bits per heavy atom. The second kappa shape index (κ2) is 10.6. The van der Waals surface area contributed by atoms with Gasteiger partial charge < -0.3 is 15.4 Å². The Bertz CT molecular complexity index is 646. The van der Waals surface area contributed by atoms with Crippen molar-refractivity contribution in [1.29, 1.82) is 0 Å². The summed E-state index contributed by atoms with van der Waals surface area (Å²) in [5, 5.41) is 7.84. The number of morpholine rings is 1. The van der Waals surface area contributed by atoms with Crippen molar-refractivity contribution in [3.8, 4) is 0 Å². The van der Waals surface area contributed by atoms with E-state index in [2.05, 4.69) is 25.5 Å². The molecule has 0 spiro atoms. The molecule has 0 saturated carbocycles. The number of hydrogen-bond acceptors (Lipinski definition) is 6. The van der Waals surface area contributed by atoms with E-state index in [0.717, 1.165) is 67.5 Å². The largest absolute Gasteiger partial charge is 0.434 e. The van der Waals surface area contributed by atoms with E-state index in [1.807, 2.05) is 11.8 Å². The molecular formula is C16H25F3IN5OS2. The number of hydrogen-bond donors (Lipinski definition) is 2. The molecule has 0 aromatic carbocycles. The molecule has 28 heavy (non-hydrogen) atoms. The lowest BCUT2D eigenvalue weighted by molar-refractivity contribution is -0.140. The molecule has 1 aromatic rings. The number of aromatic nitrogens is 1. The summed E-state index contributed by atoms with van der Waals surface area (Å²) in [6.07, 6.45) is -3.30. The van der Waals surface area contributed by atoms with E-state index in [4.69, 9.17) is 4.74 Å². The van der Waals surface area contributed by atoms with Gasteiger partial charge in [-0.2, -0.15) is 24.9 Å². The molecule has 0 radical (unpaired) electrons. The number of halogens is 4. The Morgan fingerprint density at radius 2 is 2.11 bits per heavy atom. The van der Waals surface area contributed by atoms with E-state index >= 15 is 0 Å². The van der Waals surface area contributed by atoms with Gasteiger partial charge in [-0.1, -0.05) is 0 Å². The van der Waals surface area contributed by atoms with Crippen molar-refractivity contribution in [3.63, 3.8) is 0 Å². The summed E-state index contributed by atoms with van der Waals surface area (Å²) in [5.74, 6) is 2.76. The van der Waals surface area contributed by atoms with Gasteiger partial charge in [0.25, 0.3) is 0 Å². The number of guanidine groups is 1. The van der Waals surface area contributed by atoms with Crippen LogP contribution in [0.15, 0.2) is 10.4 Å². The van der Waals surface area contributed by atoms with Gasteiger partial charge in [-0.25, -0.2) is 4.98 Å². The number of thiazole rings is 1. The van der Waals surface area contributed by atoms with Crippen molar-refractivity contribution in [2.24, 2.45) is 4.99 Å². The lowest BCUT2D eigenvalue weighted by Gasteiger charge is -2.43. The summed E-state index contributed by atoms with van der Waals surface area (Å²) in [6.45, 7) is 4.31. The molecule has 2 N–H and O–H groups in total. The maximum absolute atomic E-state index is 12.7. The highest BCUT2D eigenvalue weighted by atomic mass is 127. The molecule has 1 atom stereocenters. The Balaban J connectivity index is 0.00000280. The van der Waals surface area contributed by atoms with Gasteiger partial charge in [0.2, 0.25) is 0 Å². The van der Waals surface area contributed by atoms with Gasteiger partial charge in [-0.3, -0.25) is 9.89 Å². The van der Waals surface area contributed by atoms with Gasteiger partial charge in [-0.05, 0) is 12.2 Å². The Hall–Kier alpha value is -0.310. The van der Waals surface area contributed by atoms with E-state index in [1.54, 1.807) is 7.05 Å². The van der Waals surface area contributed by atoms with Crippen LogP contribution in [0.1, 0.15) is 17.1 Å². The lowest BCUT2D eigenvalue weighted by atomic mass is 9.95. The maximum Gasteiger partial charge on any atom is 0.434 e. The molecule has 0 amide bonds. The third-order valence-corrected chi connectivity index (χ3v) is 6.91. The molecule has 0 bridgehead atoms. The molecule has 160 valence electrons. The number of rotatable bonds is 5. The number of thioether (sulfide) groups is 1. The third kappa shape index (κ3) is 6.09. The zero-order valence-corrected chi connectivity index (χ0v) is 19.5. The average Bonchev–Trinajstić information content (AvgIpc) is 3.33. The Kier molecular flexibility index (Phi) is 9.11. The summed E-state index contributed by atoms with van der Waals surface area (Å²) in [7, 11) is 1.66. The molecule has 1 aromatic heterocycles. The zero-order valence-electron chi connectivity index (χ0n) is 15.5. The summed E-state index contributed by atoms with van der Waals surface area (Å²) < 4.78 is 43.4. The number of ether oxygens (including phenoxy) is 1. The Morgan fingerprint density at radius 1 is 1.36 bits per heavy atom. The first-order valence-electron chi connectivity index (χ1n) is 8.80. The fourth-order valence-corrected chi connectivity index (χ4v) is 5.50. The van der Waals surface area contributed by atoms with Gasteiger partial charge >= 0.3 is 6.18 Å². The first kappa shape index (κ1) is 24.0. The van der Waals surface area contributed by atoms with Crippen molar-refractivity contribution in [1.82, 2.24) is 20.5 Å². The van der Waals surface area contributed by atoms with Crippen molar-refractivity contribution < 1.29 is 17.9 Å². The lowest BCUT2D eigenvalue weighted by Crippen LogP contribution is -2.60. The van der Waals surface area contributed by atoms with Gasteiger partial charge in [0.05, 0.1) is 19.8 Å². The van der Waals surface area contributed by atoms with Gasteiger partial charge in [0.15, 0.2) is 11.7 Å². The zero-order chi connectivity index (χ0) is 19.3. The van der Waals surface area contributed by atoms with Gasteiger partial charge in [0.1, 0.15) is 5.01 Å². The SMILES string of the molecule is CN=C(NCc1nc(C(F)(F)F)cs1)NCC1(N2CCOCC2)CCSC1.I. The third-order valence-electron chi connectivity index (χ3n) is 4.82. The number of alkyl halides is 3. The second-order valence-electron chi connectivity index (χ2n) is 6.53. The summed E-state index contributed by atoms with van der Waals surface area (Å²) in [5.41, 5.74) is -0.780. The highest BCUT2D eigenvalue weighted by Crippen LogP contribution is 2.33.